The van der Waals surface area contributed by atoms with Gasteiger partial charge in [-0.2, -0.15) is 0 Å². The molecule has 0 aromatic heterocycles. The summed E-state index contributed by atoms with van der Waals surface area (Å²) in [6.45, 7) is 0. The van der Waals surface area contributed by atoms with Crippen LogP contribution in [0.5, 0.6) is 0 Å². The van der Waals surface area contributed by atoms with Crippen LogP contribution in [0.2, 0.25) is 0 Å². The molecule has 1 nitrogen and oxygen atoms in total. The van der Waals surface area contributed by atoms with E-state index >= 15 is 0 Å². The predicted octanol–water partition coefficient (Wildman–Crippen LogP) is 3.70. The van der Waals surface area contributed by atoms with Gasteiger partial charge in [0.1, 0.15) is 0 Å². The zero-order valence-electron chi connectivity index (χ0n) is 10.5. The molecular weight excluding hydrogens is 218 g/mol. The summed E-state index contributed by atoms with van der Waals surface area (Å²) in [4.78, 5) is 0. The monoisotopic (exact) mass is 237 g/mol. The van der Waals surface area contributed by atoms with E-state index in [1.807, 2.05) is 0 Å². The second-order valence-electron chi connectivity index (χ2n) is 5.34. The molecule has 0 aliphatic heterocycles. The van der Waals surface area contributed by atoms with Gasteiger partial charge in [0.2, 0.25) is 0 Å². The van der Waals surface area contributed by atoms with Gasteiger partial charge in [0, 0.05) is 11.5 Å². The molecule has 2 N–H and O–H groups in total. The first-order valence-electron chi connectivity index (χ1n) is 6.68. The maximum absolute atomic E-state index is 6.61. The number of nitrogens with two attached hydrogens (primary N) is 1. The van der Waals surface area contributed by atoms with Crippen molar-refractivity contribution in [3.63, 3.8) is 0 Å². The molecule has 18 heavy (non-hydrogen) atoms. The molecule has 0 bridgehead atoms. The minimum atomic E-state index is -0.0529. The summed E-state index contributed by atoms with van der Waals surface area (Å²) in [7, 11) is 0. The summed E-state index contributed by atoms with van der Waals surface area (Å²) in [6, 6.07) is 21.3. The lowest BCUT2D eigenvalue weighted by Crippen LogP contribution is -2.51. The molecule has 2 aromatic carbocycles. The van der Waals surface area contributed by atoms with Gasteiger partial charge < -0.3 is 5.73 Å². The van der Waals surface area contributed by atoms with Crippen molar-refractivity contribution in [2.24, 2.45) is 5.73 Å². The first kappa shape index (κ1) is 11.5. The van der Waals surface area contributed by atoms with Crippen LogP contribution in [0.15, 0.2) is 60.7 Å². The van der Waals surface area contributed by atoms with Gasteiger partial charge in [-0.25, -0.2) is 0 Å². The van der Waals surface area contributed by atoms with Crippen LogP contribution in [-0.2, 0) is 0 Å². The van der Waals surface area contributed by atoms with Gasteiger partial charge in [-0.05, 0) is 30.4 Å². The van der Waals surface area contributed by atoms with Gasteiger partial charge in [0.15, 0.2) is 0 Å². The summed E-state index contributed by atoms with van der Waals surface area (Å²) >= 11 is 0. The Balaban J connectivity index is 2.05. The van der Waals surface area contributed by atoms with Crippen LogP contribution in [-0.4, -0.2) is 5.54 Å². The van der Waals surface area contributed by atoms with Gasteiger partial charge in [0.25, 0.3) is 0 Å². The van der Waals surface area contributed by atoms with Gasteiger partial charge in [-0.1, -0.05) is 60.7 Å². The molecule has 1 fully saturated rings. The molecule has 0 atom stereocenters. The van der Waals surface area contributed by atoms with Crippen LogP contribution in [0.25, 0.3) is 0 Å². The fourth-order valence-electron chi connectivity index (χ4n) is 3.02. The maximum Gasteiger partial charge on any atom is 0.0269 e. The normalized spacial score (nSPS) is 17.4. The maximum atomic E-state index is 6.61. The number of rotatable bonds is 3. The van der Waals surface area contributed by atoms with Crippen molar-refractivity contribution in [3.8, 4) is 0 Å². The molecule has 0 amide bonds. The third-order valence-corrected chi connectivity index (χ3v) is 4.13. The van der Waals surface area contributed by atoms with E-state index in [0.29, 0.717) is 5.92 Å². The fourth-order valence-corrected chi connectivity index (χ4v) is 3.02. The van der Waals surface area contributed by atoms with E-state index in [1.54, 1.807) is 0 Å². The largest absolute Gasteiger partial charge is 0.324 e. The Morgan fingerprint density at radius 2 is 1.22 bits per heavy atom. The molecule has 0 heterocycles. The summed E-state index contributed by atoms with van der Waals surface area (Å²) in [5, 5.41) is 0. The molecule has 2 aromatic rings. The van der Waals surface area contributed by atoms with Crippen LogP contribution in [0, 0.1) is 0 Å². The molecule has 0 radical (unpaired) electrons. The quantitative estimate of drug-likeness (QED) is 0.865. The Bertz CT molecular complexity index is 460. The number of benzene rings is 2. The summed E-state index contributed by atoms with van der Waals surface area (Å²) in [5.41, 5.74) is 9.24. The molecule has 0 unspecified atom stereocenters. The Kier molecular flexibility index (Phi) is 2.92. The highest BCUT2D eigenvalue weighted by Gasteiger charge is 2.41. The highest BCUT2D eigenvalue weighted by molar-refractivity contribution is 5.37. The van der Waals surface area contributed by atoms with Crippen LogP contribution in [0.4, 0.5) is 0 Å². The highest BCUT2D eigenvalue weighted by Crippen LogP contribution is 2.44. The highest BCUT2D eigenvalue weighted by atomic mass is 14.8. The van der Waals surface area contributed by atoms with Crippen molar-refractivity contribution < 1.29 is 0 Å². The van der Waals surface area contributed by atoms with Gasteiger partial charge in [-0.3, -0.25) is 0 Å². The van der Waals surface area contributed by atoms with Crippen molar-refractivity contribution in [2.75, 3.05) is 0 Å². The first-order chi connectivity index (χ1) is 8.80. The smallest absolute Gasteiger partial charge is 0.0269 e. The third kappa shape index (κ3) is 1.95. The van der Waals surface area contributed by atoms with E-state index < -0.39 is 0 Å². The zero-order chi connectivity index (χ0) is 12.4. The Morgan fingerprint density at radius 3 is 1.56 bits per heavy atom. The summed E-state index contributed by atoms with van der Waals surface area (Å²) in [6.07, 6.45) is 3.51. The lowest BCUT2D eigenvalue weighted by molar-refractivity contribution is 0.220. The van der Waals surface area contributed by atoms with Crippen molar-refractivity contribution in [1.82, 2.24) is 0 Å². The Labute approximate surface area is 109 Å². The molecule has 92 valence electrons. The molecule has 0 spiro atoms. The van der Waals surface area contributed by atoms with Gasteiger partial charge in [-0.15, -0.1) is 0 Å². The second kappa shape index (κ2) is 4.58. The molecule has 0 saturated heterocycles. The minimum Gasteiger partial charge on any atom is -0.324 e. The van der Waals surface area contributed by atoms with E-state index in [-0.39, 0.29) is 5.54 Å². The summed E-state index contributed by atoms with van der Waals surface area (Å²) in [5.74, 6) is 0.327. The topological polar surface area (TPSA) is 26.0 Å². The van der Waals surface area contributed by atoms with Crippen molar-refractivity contribution >= 4 is 0 Å². The van der Waals surface area contributed by atoms with Crippen LogP contribution < -0.4 is 5.73 Å². The van der Waals surface area contributed by atoms with Crippen molar-refractivity contribution in [2.45, 2.75) is 30.7 Å². The van der Waals surface area contributed by atoms with Crippen molar-refractivity contribution in [1.29, 1.82) is 0 Å². The molecule has 1 aliphatic rings. The molecular formula is C17H19N. The van der Waals surface area contributed by atoms with Crippen LogP contribution >= 0.6 is 0 Å². The number of hydrogen-bond donors (Lipinski definition) is 1. The van der Waals surface area contributed by atoms with E-state index in [4.69, 9.17) is 5.73 Å². The summed E-state index contributed by atoms with van der Waals surface area (Å²) < 4.78 is 0. The van der Waals surface area contributed by atoms with Gasteiger partial charge >= 0.3 is 0 Å². The van der Waals surface area contributed by atoms with E-state index in [2.05, 4.69) is 60.7 Å². The van der Waals surface area contributed by atoms with Crippen LogP contribution in [0.3, 0.4) is 0 Å². The number of hydrogen-bond acceptors (Lipinski definition) is 1. The Morgan fingerprint density at radius 1 is 0.778 bits per heavy atom. The minimum absolute atomic E-state index is 0.0529. The first-order valence-corrected chi connectivity index (χ1v) is 6.68. The predicted molar refractivity (Wildman–Crippen MR) is 75.5 cm³/mol. The zero-order valence-corrected chi connectivity index (χ0v) is 10.5. The van der Waals surface area contributed by atoms with Gasteiger partial charge in [0.05, 0.1) is 0 Å². The lowest BCUT2D eigenvalue weighted by atomic mass is 9.64. The van der Waals surface area contributed by atoms with E-state index in [9.17, 15) is 0 Å². The van der Waals surface area contributed by atoms with E-state index in [0.717, 1.165) is 12.8 Å². The molecule has 3 rings (SSSR count). The molecule has 1 aliphatic carbocycles. The SMILES string of the molecule is NC1(C(c2ccccc2)c2ccccc2)CCC1. The average Bonchev–Trinajstić information content (AvgIpc) is 2.40. The fraction of sp³-hybridized carbons (Fsp3) is 0.294. The third-order valence-electron chi connectivity index (χ3n) is 4.13. The average molecular weight is 237 g/mol. The Hall–Kier alpha value is -1.60. The molecule has 1 heteroatoms. The second-order valence-corrected chi connectivity index (χ2v) is 5.34. The molecule has 1 saturated carbocycles. The lowest BCUT2D eigenvalue weighted by Gasteiger charge is -2.45. The van der Waals surface area contributed by atoms with Crippen molar-refractivity contribution in [3.05, 3.63) is 71.8 Å². The standard InChI is InChI=1S/C17H19N/c18-17(12-7-13-17)16(14-8-3-1-4-9-14)15-10-5-2-6-11-15/h1-6,8-11,16H,7,12-13,18H2. The van der Waals surface area contributed by atoms with Crippen LogP contribution in [0.1, 0.15) is 36.3 Å². The van der Waals surface area contributed by atoms with E-state index in [1.165, 1.54) is 17.5 Å².